The molecule has 0 spiro atoms. The summed E-state index contributed by atoms with van der Waals surface area (Å²) in [6, 6.07) is 6.02. The molecule has 18 heavy (non-hydrogen) atoms. The van der Waals surface area contributed by atoms with Gasteiger partial charge in [-0.1, -0.05) is 0 Å². The van der Waals surface area contributed by atoms with Crippen LogP contribution in [0.2, 0.25) is 0 Å². The largest absolute Gasteiger partial charge is 0.496 e. The van der Waals surface area contributed by atoms with E-state index in [-0.39, 0.29) is 0 Å². The zero-order valence-corrected chi connectivity index (χ0v) is 10.5. The molecule has 1 aliphatic rings. The molecule has 0 atom stereocenters. The Labute approximate surface area is 106 Å². The number of H-pyrrole nitrogens is 1. The number of hydrogen-bond acceptors (Lipinski definition) is 3. The van der Waals surface area contributed by atoms with E-state index in [1.807, 2.05) is 12.1 Å². The van der Waals surface area contributed by atoms with Crippen molar-refractivity contribution in [2.24, 2.45) is 0 Å². The molecule has 0 bridgehead atoms. The molecule has 3 rings (SSSR count). The van der Waals surface area contributed by atoms with Crippen molar-refractivity contribution in [3.8, 4) is 17.0 Å². The number of aromatic nitrogens is 2. The van der Waals surface area contributed by atoms with Crippen LogP contribution in [0.1, 0.15) is 24.0 Å². The van der Waals surface area contributed by atoms with Crippen molar-refractivity contribution in [2.75, 3.05) is 12.8 Å². The Hall–Kier alpha value is -1.97. The van der Waals surface area contributed by atoms with E-state index in [9.17, 15) is 0 Å². The van der Waals surface area contributed by atoms with Crippen LogP contribution in [0.4, 0.5) is 5.82 Å². The minimum Gasteiger partial charge on any atom is -0.496 e. The van der Waals surface area contributed by atoms with Crippen LogP contribution in [0, 0.1) is 0 Å². The highest BCUT2D eigenvalue weighted by molar-refractivity contribution is 5.69. The quantitative estimate of drug-likeness (QED) is 0.852. The fraction of sp³-hybridized carbons (Fsp3) is 0.357. The van der Waals surface area contributed by atoms with Gasteiger partial charge in [0.2, 0.25) is 0 Å². The number of nitrogen functional groups attached to an aromatic ring is 1. The van der Waals surface area contributed by atoms with Crippen LogP contribution in [0.5, 0.6) is 5.75 Å². The molecule has 94 valence electrons. The Kier molecular flexibility index (Phi) is 2.70. The van der Waals surface area contributed by atoms with Gasteiger partial charge >= 0.3 is 0 Å². The van der Waals surface area contributed by atoms with Gasteiger partial charge in [0.1, 0.15) is 11.6 Å². The number of anilines is 1. The van der Waals surface area contributed by atoms with E-state index in [1.54, 1.807) is 7.11 Å². The SMILES string of the molecule is COc1ccc(-c2cc(N)n[nH]2)c2c1CCCC2. The summed E-state index contributed by atoms with van der Waals surface area (Å²) in [5.41, 5.74) is 10.6. The number of hydrogen-bond donors (Lipinski definition) is 2. The van der Waals surface area contributed by atoms with Crippen LogP contribution in [-0.2, 0) is 12.8 Å². The Balaban J connectivity index is 2.16. The smallest absolute Gasteiger partial charge is 0.145 e. The Morgan fingerprint density at radius 1 is 1.22 bits per heavy atom. The van der Waals surface area contributed by atoms with Gasteiger partial charge in [0, 0.05) is 11.6 Å². The third kappa shape index (κ3) is 1.74. The maximum absolute atomic E-state index is 5.68. The normalized spacial score (nSPS) is 14.3. The van der Waals surface area contributed by atoms with Gasteiger partial charge in [-0.25, -0.2) is 0 Å². The summed E-state index contributed by atoms with van der Waals surface area (Å²) in [5.74, 6) is 1.53. The van der Waals surface area contributed by atoms with Gasteiger partial charge in [0.05, 0.1) is 12.8 Å². The van der Waals surface area contributed by atoms with Crippen molar-refractivity contribution >= 4 is 5.82 Å². The molecule has 2 aromatic rings. The lowest BCUT2D eigenvalue weighted by atomic mass is 9.86. The second kappa shape index (κ2) is 4.37. The summed E-state index contributed by atoms with van der Waals surface area (Å²) in [6.45, 7) is 0. The molecule has 1 aromatic heterocycles. The second-order valence-electron chi connectivity index (χ2n) is 4.69. The molecule has 0 saturated heterocycles. The van der Waals surface area contributed by atoms with Crippen LogP contribution in [0.15, 0.2) is 18.2 Å². The van der Waals surface area contributed by atoms with E-state index in [1.165, 1.54) is 29.5 Å². The number of methoxy groups -OCH3 is 1. The fourth-order valence-electron chi connectivity index (χ4n) is 2.75. The number of nitrogens with two attached hydrogens (primary N) is 1. The topological polar surface area (TPSA) is 63.9 Å². The predicted molar refractivity (Wildman–Crippen MR) is 71.6 cm³/mol. The summed E-state index contributed by atoms with van der Waals surface area (Å²) in [5, 5.41) is 7.00. The number of nitrogens with zero attached hydrogens (tertiary/aromatic N) is 1. The third-order valence-corrected chi connectivity index (χ3v) is 3.60. The van der Waals surface area contributed by atoms with Crippen LogP contribution < -0.4 is 10.5 Å². The number of aromatic amines is 1. The average Bonchev–Trinajstić information content (AvgIpc) is 2.84. The van der Waals surface area contributed by atoms with Gasteiger partial charge in [0.15, 0.2) is 0 Å². The first-order valence-corrected chi connectivity index (χ1v) is 6.29. The Morgan fingerprint density at radius 3 is 2.67 bits per heavy atom. The minimum atomic E-state index is 0.533. The van der Waals surface area contributed by atoms with E-state index >= 15 is 0 Å². The van der Waals surface area contributed by atoms with Crippen molar-refractivity contribution < 1.29 is 4.74 Å². The Morgan fingerprint density at radius 2 is 2.00 bits per heavy atom. The van der Waals surface area contributed by atoms with Gasteiger partial charge in [-0.2, -0.15) is 5.10 Å². The fourth-order valence-corrected chi connectivity index (χ4v) is 2.75. The summed E-state index contributed by atoms with van der Waals surface area (Å²) in [6.07, 6.45) is 4.66. The summed E-state index contributed by atoms with van der Waals surface area (Å²) in [7, 11) is 1.73. The standard InChI is InChI=1S/C14H17N3O/c1-18-13-7-6-10(12-8-14(15)17-16-12)9-4-2-3-5-11(9)13/h6-8H,2-5H2,1H3,(H3,15,16,17). The van der Waals surface area contributed by atoms with Gasteiger partial charge in [0.25, 0.3) is 0 Å². The lowest BCUT2D eigenvalue weighted by Crippen LogP contribution is -2.06. The van der Waals surface area contributed by atoms with Crippen molar-refractivity contribution in [3.63, 3.8) is 0 Å². The molecule has 4 heteroatoms. The Bertz CT molecular complexity index is 574. The molecular formula is C14H17N3O. The number of rotatable bonds is 2. The van der Waals surface area contributed by atoms with Gasteiger partial charge in [-0.3, -0.25) is 5.10 Å². The van der Waals surface area contributed by atoms with Gasteiger partial charge in [-0.15, -0.1) is 0 Å². The van der Waals surface area contributed by atoms with Gasteiger partial charge < -0.3 is 10.5 Å². The maximum Gasteiger partial charge on any atom is 0.145 e. The molecule has 0 fully saturated rings. The highest BCUT2D eigenvalue weighted by atomic mass is 16.5. The third-order valence-electron chi connectivity index (χ3n) is 3.60. The molecular weight excluding hydrogens is 226 g/mol. The van der Waals surface area contributed by atoms with E-state index in [0.717, 1.165) is 24.3 Å². The number of nitrogens with one attached hydrogen (secondary N) is 1. The molecule has 0 saturated carbocycles. The van der Waals surface area contributed by atoms with Crippen molar-refractivity contribution in [2.45, 2.75) is 25.7 Å². The molecule has 0 radical (unpaired) electrons. The lowest BCUT2D eigenvalue weighted by molar-refractivity contribution is 0.406. The van der Waals surface area contributed by atoms with Crippen molar-refractivity contribution in [3.05, 3.63) is 29.3 Å². The van der Waals surface area contributed by atoms with Crippen LogP contribution in [0.25, 0.3) is 11.3 Å². The molecule has 1 heterocycles. The monoisotopic (exact) mass is 243 g/mol. The molecule has 0 amide bonds. The molecule has 0 aliphatic heterocycles. The second-order valence-corrected chi connectivity index (χ2v) is 4.69. The van der Waals surface area contributed by atoms with E-state index < -0.39 is 0 Å². The first-order valence-electron chi connectivity index (χ1n) is 6.29. The zero-order chi connectivity index (χ0) is 12.5. The van der Waals surface area contributed by atoms with E-state index in [4.69, 9.17) is 10.5 Å². The molecule has 3 N–H and O–H groups in total. The maximum atomic E-state index is 5.68. The molecule has 1 aromatic carbocycles. The summed E-state index contributed by atoms with van der Waals surface area (Å²) < 4.78 is 5.46. The van der Waals surface area contributed by atoms with Crippen LogP contribution in [0.3, 0.4) is 0 Å². The highest BCUT2D eigenvalue weighted by Gasteiger charge is 2.19. The zero-order valence-electron chi connectivity index (χ0n) is 10.5. The number of benzene rings is 1. The number of fused-ring (bicyclic) bond motifs is 1. The van der Waals surface area contributed by atoms with Crippen LogP contribution in [-0.4, -0.2) is 17.3 Å². The number of ether oxygens (including phenoxy) is 1. The molecule has 0 unspecified atom stereocenters. The summed E-state index contributed by atoms with van der Waals surface area (Å²) >= 11 is 0. The first kappa shape index (κ1) is 11.1. The van der Waals surface area contributed by atoms with E-state index in [0.29, 0.717) is 5.82 Å². The van der Waals surface area contributed by atoms with Gasteiger partial charge in [-0.05, 0) is 48.9 Å². The van der Waals surface area contributed by atoms with Crippen LogP contribution >= 0.6 is 0 Å². The predicted octanol–water partition coefficient (Wildman–Crippen LogP) is 2.55. The minimum absolute atomic E-state index is 0.533. The first-order chi connectivity index (χ1) is 8.79. The average molecular weight is 243 g/mol. The highest BCUT2D eigenvalue weighted by Crippen LogP contribution is 2.36. The van der Waals surface area contributed by atoms with E-state index in [2.05, 4.69) is 16.3 Å². The summed E-state index contributed by atoms with van der Waals surface area (Å²) in [4.78, 5) is 0. The van der Waals surface area contributed by atoms with Crippen molar-refractivity contribution in [1.82, 2.24) is 10.2 Å². The molecule has 1 aliphatic carbocycles. The lowest BCUT2D eigenvalue weighted by Gasteiger charge is -2.21. The van der Waals surface area contributed by atoms with Crippen molar-refractivity contribution in [1.29, 1.82) is 0 Å². The molecule has 4 nitrogen and oxygen atoms in total.